The van der Waals surface area contributed by atoms with Gasteiger partial charge in [0, 0.05) is 11.4 Å². The number of thioether (sulfide) groups is 1. The molecule has 0 unspecified atom stereocenters. The highest BCUT2D eigenvalue weighted by Gasteiger charge is 2.25. The minimum Gasteiger partial charge on any atom is -0.349 e. The van der Waals surface area contributed by atoms with Crippen molar-refractivity contribution in [2.45, 2.75) is 17.6 Å². The molecule has 0 spiro atoms. The summed E-state index contributed by atoms with van der Waals surface area (Å²) in [5, 5.41) is 13.0. The normalized spacial score (nSPS) is 12.0. The average molecular weight is 439 g/mol. The Kier molecular flexibility index (Phi) is 6.93. The molecule has 0 aliphatic heterocycles. The van der Waals surface area contributed by atoms with Crippen LogP contribution in [0.15, 0.2) is 93.7 Å². The van der Waals surface area contributed by atoms with Crippen LogP contribution in [0.4, 0.5) is 10.1 Å². The lowest BCUT2D eigenvalue weighted by molar-refractivity contribution is 0.603. The van der Waals surface area contributed by atoms with Crippen LogP contribution >= 0.6 is 11.8 Å². The molecule has 1 N–H and O–H groups in total. The van der Waals surface area contributed by atoms with Crippen molar-refractivity contribution >= 4 is 27.3 Å². The molecule has 0 atom stereocenters. The fourth-order valence-corrected chi connectivity index (χ4v) is 5.30. The van der Waals surface area contributed by atoms with Crippen molar-refractivity contribution in [2.75, 3.05) is 5.32 Å². The van der Waals surface area contributed by atoms with E-state index in [1.807, 2.05) is 31.2 Å². The maximum absolute atomic E-state index is 14.1. The van der Waals surface area contributed by atoms with E-state index in [1.54, 1.807) is 42.5 Å². The van der Waals surface area contributed by atoms with Crippen LogP contribution in [0.1, 0.15) is 11.1 Å². The first-order valence-corrected chi connectivity index (χ1v) is 11.5. The van der Waals surface area contributed by atoms with Crippen molar-refractivity contribution in [1.82, 2.24) is 0 Å². The first-order valence-electron chi connectivity index (χ1n) is 9.06. The van der Waals surface area contributed by atoms with Crippen molar-refractivity contribution < 1.29 is 12.8 Å². The summed E-state index contributed by atoms with van der Waals surface area (Å²) in [6.07, 6.45) is 0. The summed E-state index contributed by atoms with van der Waals surface area (Å²) in [5.41, 5.74) is 2.03. The minimum absolute atomic E-state index is 0.0246. The molecule has 7 heteroatoms. The Hall–Kier alpha value is -3.08. The lowest BCUT2D eigenvalue weighted by Crippen LogP contribution is -2.10. The first-order chi connectivity index (χ1) is 14.4. The molecule has 0 heterocycles. The largest absolute Gasteiger partial charge is 0.349 e. The van der Waals surface area contributed by atoms with Gasteiger partial charge in [-0.25, -0.2) is 12.8 Å². The Morgan fingerprint density at radius 2 is 1.73 bits per heavy atom. The molecule has 0 radical (unpaired) electrons. The van der Waals surface area contributed by atoms with Crippen LogP contribution in [0, 0.1) is 24.1 Å². The number of allylic oxidation sites excluding steroid dienone is 1. The van der Waals surface area contributed by atoms with Crippen molar-refractivity contribution in [3.63, 3.8) is 0 Å². The standard InChI is InChI=1S/C23H19FN2O2S2/c1-17-8-7-10-19(14-17)26-23(29-16-18-9-5-6-13-21(18)24)22(15-25)30(27,28)20-11-3-2-4-12-20/h2-14,26H,16H2,1H3. The molecule has 3 aromatic rings. The van der Waals surface area contributed by atoms with Crippen LogP contribution in [0.3, 0.4) is 0 Å². The zero-order chi connectivity index (χ0) is 21.6. The van der Waals surface area contributed by atoms with Crippen LogP contribution in [-0.2, 0) is 15.6 Å². The number of hydrogen-bond donors (Lipinski definition) is 1. The van der Waals surface area contributed by atoms with Gasteiger partial charge in [0.1, 0.15) is 16.9 Å². The van der Waals surface area contributed by atoms with Gasteiger partial charge in [0.2, 0.25) is 9.84 Å². The molecule has 0 saturated carbocycles. The number of anilines is 1. The molecule has 4 nitrogen and oxygen atoms in total. The molecule has 0 saturated heterocycles. The number of nitrogens with zero attached hydrogens (tertiary/aromatic N) is 1. The molecule has 152 valence electrons. The third-order valence-corrected chi connectivity index (χ3v) is 7.14. The Morgan fingerprint density at radius 3 is 2.40 bits per heavy atom. The van der Waals surface area contributed by atoms with Gasteiger partial charge in [-0.3, -0.25) is 0 Å². The molecule has 3 aromatic carbocycles. The number of hydrogen-bond acceptors (Lipinski definition) is 5. The topological polar surface area (TPSA) is 70.0 Å². The molecule has 0 aromatic heterocycles. The third kappa shape index (κ3) is 5.09. The molecule has 0 bridgehead atoms. The van der Waals surface area contributed by atoms with Gasteiger partial charge in [0.25, 0.3) is 0 Å². The summed E-state index contributed by atoms with van der Waals surface area (Å²) in [4.78, 5) is -0.381. The zero-order valence-electron chi connectivity index (χ0n) is 16.2. The fourth-order valence-electron chi connectivity index (χ4n) is 2.73. The summed E-state index contributed by atoms with van der Waals surface area (Å²) in [6, 6.07) is 23.3. The monoisotopic (exact) mass is 438 g/mol. The van der Waals surface area contributed by atoms with Crippen molar-refractivity contribution in [2.24, 2.45) is 0 Å². The minimum atomic E-state index is -4.05. The second-order valence-electron chi connectivity index (χ2n) is 6.46. The van der Waals surface area contributed by atoms with Gasteiger partial charge >= 0.3 is 0 Å². The van der Waals surface area contributed by atoms with Crippen molar-refractivity contribution in [1.29, 1.82) is 5.26 Å². The predicted molar refractivity (Wildman–Crippen MR) is 119 cm³/mol. The summed E-state index contributed by atoms with van der Waals surface area (Å²) < 4.78 is 40.3. The highest BCUT2D eigenvalue weighted by atomic mass is 32.2. The highest BCUT2D eigenvalue weighted by molar-refractivity contribution is 8.04. The maximum atomic E-state index is 14.1. The van der Waals surface area contributed by atoms with E-state index in [1.165, 1.54) is 18.2 Å². The number of halogens is 1. The Bertz CT molecular complexity index is 1220. The maximum Gasteiger partial charge on any atom is 0.219 e. The summed E-state index contributed by atoms with van der Waals surface area (Å²) in [5.74, 6) is -0.222. The number of nitrogens with one attached hydrogen (secondary N) is 1. The van der Waals surface area contributed by atoms with Gasteiger partial charge in [-0.2, -0.15) is 5.26 Å². The first kappa shape index (κ1) is 21.6. The highest BCUT2D eigenvalue weighted by Crippen LogP contribution is 2.31. The second-order valence-corrected chi connectivity index (χ2v) is 9.33. The summed E-state index contributed by atoms with van der Waals surface area (Å²) in [6.45, 7) is 1.91. The number of rotatable bonds is 7. The van der Waals surface area contributed by atoms with Gasteiger partial charge in [-0.05, 0) is 48.4 Å². The van der Waals surface area contributed by atoms with Gasteiger partial charge in [-0.1, -0.05) is 48.5 Å². The van der Waals surface area contributed by atoms with Gasteiger partial charge in [-0.15, -0.1) is 11.8 Å². The zero-order valence-corrected chi connectivity index (χ0v) is 17.8. The molecule has 3 rings (SSSR count). The van der Waals surface area contributed by atoms with Crippen LogP contribution in [0.25, 0.3) is 0 Å². The molecule has 0 amide bonds. The van der Waals surface area contributed by atoms with Gasteiger partial charge in [0.15, 0.2) is 4.91 Å². The van der Waals surface area contributed by atoms with Gasteiger partial charge < -0.3 is 5.32 Å². The second kappa shape index (κ2) is 9.61. The van der Waals surface area contributed by atoms with E-state index in [2.05, 4.69) is 5.32 Å². The number of aryl methyl sites for hydroxylation is 1. The number of benzene rings is 3. The van der Waals surface area contributed by atoms with Crippen LogP contribution in [-0.4, -0.2) is 8.42 Å². The molecular formula is C23H19FN2O2S2. The fraction of sp³-hybridized carbons (Fsp3) is 0.0870. The van der Waals surface area contributed by atoms with E-state index in [0.717, 1.165) is 17.3 Å². The summed E-state index contributed by atoms with van der Waals surface area (Å²) in [7, 11) is -4.05. The van der Waals surface area contributed by atoms with Gasteiger partial charge in [0.05, 0.1) is 4.90 Å². The third-order valence-electron chi connectivity index (χ3n) is 4.24. The van der Waals surface area contributed by atoms with E-state index in [0.29, 0.717) is 11.3 Å². The molecule has 0 fully saturated rings. The average Bonchev–Trinajstić information content (AvgIpc) is 2.74. The molecule has 0 aliphatic rings. The summed E-state index contributed by atoms with van der Waals surface area (Å²) >= 11 is 1.07. The number of sulfone groups is 1. The van der Waals surface area contributed by atoms with E-state index in [4.69, 9.17) is 0 Å². The van der Waals surface area contributed by atoms with Crippen LogP contribution < -0.4 is 5.32 Å². The van der Waals surface area contributed by atoms with E-state index < -0.39 is 14.7 Å². The Labute approximate surface area is 180 Å². The SMILES string of the molecule is Cc1cccc(NC(SCc2ccccc2F)=C(C#N)S(=O)(=O)c2ccccc2)c1. The lowest BCUT2D eigenvalue weighted by Gasteiger charge is -2.14. The quantitative estimate of drug-likeness (QED) is 0.483. The molecule has 30 heavy (non-hydrogen) atoms. The van der Waals surface area contributed by atoms with E-state index >= 15 is 0 Å². The van der Waals surface area contributed by atoms with Crippen LogP contribution in [0.2, 0.25) is 0 Å². The molecule has 0 aliphatic carbocycles. The number of nitriles is 1. The van der Waals surface area contributed by atoms with E-state index in [9.17, 15) is 18.1 Å². The van der Waals surface area contributed by atoms with Crippen molar-refractivity contribution in [3.05, 3.63) is 106 Å². The lowest BCUT2D eigenvalue weighted by atomic mass is 10.2. The van der Waals surface area contributed by atoms with E-state index in [-0.39, 0.29) is 21.5 Å². The Morgan fingerprint density at radius 1 is 1.03 bits per heavy atom. The smallest absolute Gasteiger partial charge is 0.219 e. The van der Waals surface area contributed by atoms with Crippen LogP contribution in [0.5, 0.6) is 0 Å². The molecular weight excluding hydrogens is 419 g/mol. The predicted octanol–water partition coefficient (Wildman–Crippen LogP) is 5.65. The van der Waals surface area contributed by atoms with Crippen molar-refractivity contribution in [3.8, 4) is 6.07 Å². The Balaban J connectivity index is 2.06.